The minimum Gasteiger partial charge on any atom is -0.282 e. The molecule has 0 aromatic heterocycles. The van der Waals surface area contributed by atoms with Gasteiger partial charge in [-0.25, -0.2) is 4.39 Å². The summed E-state index contributed by atoms with van der Waals surface area (Å²) in [7, 11) is -4.45. The first-order valence-electron chi connectivity index (χ1n) is 3.81. The van der Waals surface area contributed by atoms with E-state index in [4.69, 9.17) is 16.2 Å². The Hall–Kier alpha value is -0.650. The van der Waals surface area contributed by atoms with Crippen molar-refractivity contribution < 1.29 is 17.4 Å². The van der Waals surface area contributed by atoms with Crippen molar-refractivity contribution in [3.8, 4) is 0 Å². The Morgan fingerprint density at radius 2 is 2.07 bits per heavy atom. The maximum Gasteiger partial charge on any atom is 0.296 e. The van der Waals surface area contributed by atoms with Gasteiger partial charge in [0.2, 0.25) is 0 Å². The van der Waals surface area contributed by atoms with E-state index in [0.29, 0.717) is 12.0 Å². The van der Waals surface area contributed by atoms with Crippen molar-refractivity contribution in [2.24, 2.45) is 0 Å². The van der Waals surface area contributed by atoms with Crippen molar-refractivity contribution >= 4 is 21.7 Å². The molecule has 0 saturated heterocycles. The van der Waals surface area contributed by atoms with Crippen molar-refractivity contribution in [2.75, 3.05) is 0 Å². The first kappa shape index (κ1) is 11.4. The molecule has 6 heteroatoms. The lowest BCUT2D eigenvalue weighted by atomic mass is 10.1. The first-order chi connectivity index (χ1) is 6.36. The molecule has 0 heterocycles. The molecule has 0 unspecified atom stereocenters. The summed E-state index contributed by atoms with van der Waals surface area (Å²) in [5, 5.41) is -0.175. The van der Waals surface area contributed by atoms with Crippen LogP contribution in [0.4, 0.5) is 4.39 Å². The predicted molar refractivity (Wildman–Crippen MR) is 50.6 cm³/mol. The topological polar surface area (TPSA) is 54.4 Å². The molecule has 0 radical (unpaired) electrons. The van der Waals surface area contributed by atoms with Crippen LogP contribution in [0.25, 0.3) is 0 Å². The maximum atomic E-state index is 13.1. The van der Waals surface area contributed by atoms with E-state index in [-0.39, 0.29) is 5.02 Å². The Kier molecular flexibility index (Phi) is 3.14. The minimum atomic E-state index is -4.45. The second-order valence-electron chi connectivity index (χ2n) is 2.70. The van der Waals surface area contributed by atoms with E-state index in [1.165, 1.54) is 6.07 Å². The van der Waals surface area contributed by atoms with Crippen LogP contribution in [0, 0.1) is 5.82 Å². The quantitative estimate of drug-likeness (QED) is 0.805. The van der Waals surface area contributed by atoms with E-state index in [2.05, 4.69) is 0 Å². The van der Waals surface area contributed by atoms with Gasteiger partial charge in [-0.15, -0.1) is 0 Å². The zero-order valence-electron chi connectivity index (χ0n) is 7.29. The lowest BCUT2D eigenvalue weighted by molar-refractivity contribution is 0.481. The van der Waals surface area contributed by atoms with E-state index < -0.39 is 20.8 Å². The molecular weight excluding hydrogens is 231 g/mol. The Balaban J connectivity index is 3.44. The molecule has 0 spiro atoms. The van der Waals surface area contributed by atoms with Crippen LogP contribution in [-0.2, 0) is 16.5 Å². The van der Waals surface area contributed by atoms with Gasteiger partial charge in [0.1, 0.15) is 10.7 Å². The van der Waals surface area contributed by atoms with E-state index in [1.807, 2.05) is 0 Å². The summed E-state index contributed by atoms with van der Waals surface area (Å²) in [6.07, 6.45) is 0.400. The smallest absolute Gasteiger partial charge is 0.282 e. The van der Waals surface area contributed by atoms with Crippen molar-refractivity contribution in [1.29, 1.82) is 0 Å². The van der Waals surface area contributed by atoms with Gasteiger partial charge in [0, 0.05) is 0 Å². The van der Waals surface area contributed by atoms with Gasteiger partial charge in [0.05, 0.1) is 5.02 Å². The van der Waals surface area contributed by atoms with Crippen LogP contribution >= 0.6 is 11.6 Å². The van der Waals surface area contributed by atoms with Crippen LogP contribution in [0.3, 0.4) is 0 Å². The van der Waals surface area contributed by atoms with Crippen LogP contribution in [0.15, 0.2) is 17.0 Å². The van der Waals surface area contributed by atoms with Crippen LogP contribution in [-0.4, -0.2) is 13.0 Å². The highest BCUT2D eigenvalue weighted by molar-refractivity contribution is 7.86. The van der Waals surface area contributed by atoms with Crippen molar-refractivity contribution in [3.63, 3.8) is 0 Å². The average Bonchev–Trinajstić information content (AvgIpc) is 2.06. The molecule has 1 N–H and O–H groups in total. The molecule has 0 amide bonds. The van der Waals surface area contributed by atoms with Gasteiger partial charge in [-0.3, -0.25) is 4.55 Å². The van der Waals surface area contributed by atoms with E-state index in [1.54, 1.807) is 6.92 Å². The lowest BCUT2D eigenvalue weighted by Crippen LogP contribution is -2.01. The fourth-order valence-corrected chi connectivity index (χ4v) is 2.07. The third kappa shape index (κ3) is 2.23. The molecule has 3 nitrogen and oxygen atoms in total. The van der Waals surface area contributed by atoms with E-state index >= 15 is 0 Å². The monoisotopic (exact) mass is 238 g/mol. The summed E-state index contributed by atoms with van der Waals surface area (Å²) >= 11 is 5.56. The van der Waals surface area contributed by atoms with Gasteiger partial charge < -0.3 is 0 Å². The highest BCUT2D eigenvalue weighted by atomic mass is 35.5. The largest absolute Gasteiger partial charge is 0.296 e. The Bertz CT molecular complexity index is 456. The summed E-state index contributed by atoms with van der Waals surface area (Å²) in [5.41, 5.74) is 0.308. The Labute approximate surface area is 86.3 Å². The van der Waals surface area contributed by atoms with Gasteiger partial charge in [0.15, 0.2) is 0 Å². The Morgan fingerprint density at radius 1 is 1.50 bits per heavy atom. The highest BCUT2D eigenvalue weighted by Gasteiger charge is 2.17. The number of benzene rings is 1. The number of rotatable bonds is 2. The zero-order valence-corrected chi connectivity index (χ0v) is 8.86. The number of hydrogen-bond donors (Lipinski definition) is 1. The fraction of sp³-hybridized carbons (Fsp3) is 0.250. The molecule has 0 aliphatic carbocycles. The molecule has 0 bridgehead atoms. The minimum absolute atomic E-state index is 0.175. The molecule has 0 atom stereocenters. The van der Waals surface area contributed by atoms with Crippen LogP contribution < -0.4 is 0 Å². The van der Waals surface area contributed by atoms with Crippen molar-refractivity contribution in [3.05, 3.63) is 28.5 Å². The fourth-order valence-electron chi connectivity index (χ4n) is 1.04. The normalized spacial score (nSPS) is 11.7. The van der Waals surface area contributed by atoms with E-state index in [0.717, 1.165) is 6.07 Å². The third-order valence-electron chi connectivity index (χ3n) is 1.76. The maximum absolute atomic E-state index is 13.1. The summed E-state index contributed by atoms with van der Waals surface area (Å²) in [6, 6.07) is 1.91. The number of aryl methyl sites for hydroxylation is 1. The van der Waals surface area contributed by atoms with Crippen molar-refractivity contribution in [2.45, 2.75) is 18.2 Å². The molecule has 1 aromatic carbocycles. The molecule has 0 aliphatic rings. The third-order valence-corrected chi connectivity index (χ3v) is 3.08. The molecule has 0 fully saturated rings. The van der Waals surface area contributed by atoms with Crippen LogP contribution in [0.2, 0.25) is 5.02 Å². The van der Waals surface area contributed by atoms with Gasteiger partial charge in [-0.2, -0.15) is 8.42 Å². The Morgan fingerprint density at radius 3 is 2.50 bits per heavy atom. The predicted octanol–water partition coefficient (Wildman–Crippen LogP) is 2.29. The lowest BCUT2D eigenvalue weighted by Gasteiger charge is -2.04. The summed E-state index contributed by atoms with van der Waals surface area (Å²) in [6.45, 7) is 1.71. The summed E-state index contributed by atoms with van der Waals surface area (Å²) in [5.74, 6) is -0.690. The summed E-state index contributed by atoms with van der Waals surface area (Å²) < 4.78 is 43.2. The first-order valence-corrected chi connectivity index (χ1v) is 5.63. The molecule has 0 aliphatic heterocycles. The molecule has 0 saturated carbocycles. The average molecular weight is 239 g/mol. The number of halogens is 2. The highest BCUT2D eigenvalue weighted by Crippen LogP contribution is 2.24. The van der Waals surface area contributed by atoms with Gasteiger partial charge in [-0.05, 0) is 24.1 Å². The second kappa shape index (κ2) is 3.84. The molecular formula is C8H8ClFO3S. The van der Waals surface area contributed by atoms with E-state index in [9.17, 15) is 12.8 Å². The molecule has 1 rings (SSSR count). The summed E-state index contributed by atoms with van der Waals surface area (Å²) in [4.78, 5) is -0.603. The van der Waals surface area contributed by atoms with Gasteiger partial charge in [-0.1, -0.05) is 18.5 Å². The second-order valence-corrected chi connectivity index (χ2v) is 4.50. The van der Waals surface area contributed by atoms with Crippen LogP contribution in [0.1, 0.15) is 12.5 Å². The molecule has 78 valence electrons. The SMILES string of the molecule is CCc1cc(Cl)c(S(=O)(=O)O)cc1F. The van der Waals surface area contributed by atoms with Crippen molar-refractivity contribution in [1.82, 2.24) is 0 Å². The number of hydrogen-bond acceptors (Lipinski definition) is 2. The van der Waals surface area contributed by atoms with Gasteiger partial charge >= 0.3 is 0 Å². The van der Waals surface area contributed by atoms with Gasteiger partial charge in [0.25, 0.3) is 10.1 Å². The molecule has 1 aromatic rings. The standard InChI is InChI=1S/C8H8ClFO3S/c1-2-5-3-6(9)8(4-7(5)10)14(11,12)13/h3-4H,2H2,1H3,(H,11,12,13). The molecule has 14 heavy (non-hydrogen) atoms. The zero-order chi connectivity index (χ0) is 10.9. The van der Waals surface area contributed by atoms with Crippen LogP contribution in [0.5, 0.6) is 0 Å².